The van der Waals surface area contributed by atoms with Crippen molar-refractivity contribution in [3.8, 4) is 0 Å². The second-order valence-corrected chi connectivity index (χ2v) is 18.1. The van der Waals surface area contributed by atoms with Crippen molar-refractivity contribution in [1.82, 2.24) is 10.2 Å². The summed E-state index contributed by atoms with van der Waals surface area (Å²) in [5.41, 5.74) is -0.650. The molecule has 3 atom stereocenters. The van der Waals surface area contributed by atoms with Crippen LogP contribution in [0.5, 0.6) is 0 Å². The number of fused-ring (bicyclic) bond motifs is 1. The summed E-state index contributed by atoms with van der Waals surface area (Å²) in [7, 11) is -2.77. The number of ether oxygens (including phenoxy) is 1. The van der Waals surface area contributed by atoms with E-state index in [1.807, 2.05) is 32.9 Å². The van der Waals surface area contributed by atoms with Gasteiger partial charge < -0.3 is 19.4 Å². The minimum atomic E-state index is -2.77. The summed E-state index contributed by atoms with van der Waals surface area (Å²) in [6, 6.07) is 20.6. The number of hydrogen-bond acceptors (Lipinski definition) is 4. The van der Waals surface area contributed by atoms with Crippen LogP contribution >= 0.6 is 0 Å². The minimum Gasteiger partial charge on any atom is -0.444 e. The molecule has 1 heterocycles. The maximum Gasteiger partial charge on any atom is 0.408 e. The van der Waals surface area contributed by atoms with Crippen molar-refractivity contribution in [1.29, 1.82) is 0 Å². The van der Waals surface area contributed by atoms with E-state index >= 15 is 0 Å². The molecule has 0 aromatic heterocycles. The van der Waals surface area contributed by atoms with Crippen LogP contribution in [0.4, 0.5) is 4.79 Å². The van der Waals surface area contributed by atoms with Gasteiger partial charge in [0, 0.05) is 19.2 Å². The molecular weight excluding hydrogens is 528 g/mol. The third-order valence-electron chi connectivity index (χ3n) is 8.66. The summed E-state index contributed by atoms with van der Waals surface area (Å²) in [5.74, 6) is 0.565. The molecule has 1 N–H and O–H groups in total. The van der Waals surface area contributed by atoms with E-state index in [1.165, 1.54) is 29.6 Å². The number of piperidine rings is 1. The van der Waals surface area contributed by atoms with Gasteiger partial charge in [0.05, 0.1) is 0 Å². The molecule has 2 aromatic carbocycles. The molecule has 224 valence electrons. The zero-order valence-corrected chi connectivity index (χ0v) is 26.9. The number of likely N-dealkylation sites (tertiary alicyclic amines) is 1. The number of amides is 2. The van der Waals surface area contributed by atoms with Gasteiger partial charge in [-0.25, -0.2) is 4.79 Å². The van der Waals surface area contributed by atoms with Gasteiger partial charge in [-0.1, -0.05) is 94.3 Å². The van der Waals surface area contributed by atoms with Crippen LogP contribution in [0, 0.1) is 5.92 Å². The SMILES string of the molecule is CC(C)(C)OC(=O)N[C@H](CCO[Si](c1ccccc1)(c1ccccc1)C(C)(C)C)C(=O)N1CCC[C@H]2CCCC[C@@H]21. The Morgan fingerprint density at radius 3 is 2.00 bits per heavy atom. The van der Waals surface area contributed by atoms with Crippen molar-refractivity contribution in [2.24, 2.45) is 5.92 Å². The van der Waals surface area contributed by atoms with Crippen LogP contribution in [0.2, 0.25) is 5.04 Å². The number of rotatable bonds is 8. The smallest absolute Gasteiger partial charge is 0.408 e. The van der Waals surface area contributed by atoms with Crippen LogP contribution in [0.25, 0.3) is 0 Å². The number of alkyl carbamates (subject to hydrolysis) is 1. The molecule has 2 aromatic rings. The van der Waals surface area contributed by atoms with E-state index in [2.05, 4.69) is 79.5 Å². The highest BCUT2D eigenvalue weighted by atomic mass is 28.4. The summed E-state index contributed by atoms with van der Waals surface area (Å²) in [6.45, 7) is 13.4. The lowest BCUT2D eigenvalue weighted by Crippen LogP contribution is -2.67. The Labute approximate surface area is 248 Å². The molecule has 0 bridgehead atoms. The van der Waals surface area contributed by atoms with Crippen LogP contribution in [-0.2, 0) is 14.0 Å². The number of benzene rings is 2. The number of hydrogen-bond donors (Lipinski definition) is 1. The lowest BCUT2D eigenvalue weighted by molar-refractivity contribution is -0.140. The maximum absolute atomic E-state index is 14.2. The molecule has 2 amide bonds. The van der Waals surface area contributed by atoms with Crippen molar-refractivity contribution < 1.29 is 18.8 Å². The van der Waals surface area contributed by atoms with E-state index in [9.17, 15) is 9.59 Å². The van der Waals surface area contributed by atoms with Gasteiger partial charge in [-0.05, 0) is 74.2 Å². The Morgan fingerprint density at radius 1 is 0.878 bits per heavy atom. The maximum atomic E-state index is 14.2. The van der Waals surface area contributed by atoms with Gasteiger partial charge in [-0.15, -0.1) is 0 Å². The first-order valence-corrected chi connectivity index (χ1v) is 17.4. The molecule has 0 spiro atoms. The summed E-state index contributed by atoms with van der Waals surface area (Å²) in [5, 5.41) is 5.18. The molecule has 0 radical (unpaired) electrons. The molecule has 4 rings (SSSR count). The fraction of sp³-hybridized carbons (Fsp3) is 0.588. The lowest BCUT2D eigenvalue weighted by Gasteiger charge is -2.45. The zero-order valence-electron chi connectivity index (χ0n) is 25.9. The molecule has 7 heteroatoms. The number of nitrogens with zero attached hydrogens (tertiary/aromatic N) is 1. The second-order valence-electron chi connectivity index (χ2n) is 13.8. The zero-order chi connectivity index (χ0) is 29.7. The van der Waals surface area contributed by atoms with Crippen LogP contribution in [-0.4, -0.2) is 56.1 Å². The Bertz CT molecular complexity index is 1100. The third kappa shape index (κ3) is 7.42. The van der Waals surface area contributed by atoms with Crippen molar-refractivity contribution in [3.05, 3.63) is 60.7 Å². The van der Waals surface area contributed by atoms with Gasteiger partial charge >= 0.3 is 6.09 Å². The summed E-state index contributed by atoms with van der Waals surface area (Å²) >= 11 is 0. The van der Waals surface area contributed by atoms with Crippen LogP contribution < -0.4 is 15.7 Å². The molecule has 1 aliphatic heterocycles. The molecule has 41 heavy (non-hydrogen) atoms. The molecular formula is C34H50N2O4Si. The van der Waals surface area contributed by atoms with E-state index in [0.717, 1.165) is 25.8 Å². The van der Waals surface area contributed by atoms with Crippen molar-refractivity contribution in [2.75, 3.05) is 13.2 Å². The number of carbonyl (C=O) groups is 2. The fourth-order valence-corrected chi connectivity index (χ4v) is 11.5. The van der Waals surface area contributed by atoms with Gasteiger partial charge in [-0.3, -0.25) is 4.79 Å². The van der Waals surface area contributed by atoms with E-state index in [0.29, 0.717) is 18.9 Å². The Hall–Kier alpha value is -2.64. The lowest BCUT2D eigenvalue weighted by atomic mass is 9.78. The van der Waals surface area contributed by atoms with Gasteiger partial charge in [0.25, 0.3) is 8.32 Å². The van der Waals surface area contributed by atoms with Crippen molar-refractivity contribution in [2.45, 2.75) is 109 Å². The first kappa shape index (κ1) is 31.3. The average Bonchev–Trinajstić information content (AvgIpc) is 2.93. The molecule has 2 fully saturated rings. The van der Waals surface area contributed by atoms with E-state index < -0.39 is 26.1 Å². The van der Waals surface area contributed by atoms with Gasteiger partial charge in [0.15, 0.2) is 0 Å². The molecule has 1 saturated carbocycles. The van der Waals surface area contributed by atoms with E-state index in [4.69, 9.17) is 9.16 Å². The monoisotopic (exact) mass is 578 g/mol. The highest BCUT2D eigenvalue weighted by Crippen LogP contribution is 2.38. The van der Waals surface area contributed by atoms with Gasteiger partial charge in [-0.2, -0.15) is 0 Å². The molecule has 1 aliphatic carbocycles. The second kappa shape index (κ2) is 13.1. The largest absolute Gasteiger partial charge is 0.444 e. The van der Waals surface area contributed by atoms with Gasteiger partial charge in [0.2, 0.25) is 5.91 Å². The van der Waals surface area contributed by atoms with E-state index in [-0.39, 0.29) is 17.0 Å². The third-order valence-corrected chi connectivity index (χ3v) is 13.7. The quantitative estimate of drug-likeness (QED) is 0.389. The summed E-state index contributed by atoms with van der Waals surface area (Å²) in [6.07, 6.45) is 6.68. The normalized spacial score (nSPS) is 20.6. The fourth-order valence-electron chi connectivity index (χ4n) is 6.90. The molecule has 2 aliphatic rings. The average molecular weight is 579 g/mol. The molecule has 0 unspecified atom stereocenters. The van der Waals surface area contributed by atoms with Crippen LogP contribution in [0.1, 0.15) is 86.5 Å². The Kier molecular flexibility index (Phi) is 10.0. The minimum absolute atomic E-state index is 0.00138. The van der Waals surface area contributed by atoms with E-state index in [1.54, 1.807) is 0 Å². The Morgan fingerprint density at radius 2 is 1.44 bits per heavy atom. The standard InChI is InChI=1S/C34H50N2O4Si/c1-33(2,3)40-32(38)35-29(31(37)36-24-15-17-26-16-13-14-22-30(26)36)23-25-39-41(34(4,5)6,27-18-9-7-10-19-27)28-20-11-8-12-21-28/h7-12,18-21,26,29-30H,13-17,22-25H2,1-6H3,(H,35,38)/t26-,29-,30+/m1/s1. The molecule has 6 nitrogen and oxygen atoms in total. The predicted octanol–water partition coefficient (Wildman–Crippen LogP) is 6.03. The highest BCUT2D eigenvalue weighted by molar-refractivity contribution is 6.99. The first-order chi connectivity index (χ1) is 19.4. The van der Waals surface area contributed by atoms with Crippen molar-refractivity contribution in [3.63, 3.8) is 0 Å². The summed E-state index contributed by atoms with van der Waals surface area (Å²) in [4.78, 5) is 29.2. The highest BCUT2D eigenvalue weighted by Gasteiger charge is 2.50. The van der Waals surface area contributed by atoms with Crippen LogP contribution in [0.3, 0.4) is 0 Å². The van der Waals surface area contributed by atoms with Crippen molar-refractivity contribution >= 4 is 30.7 Å². The van der Waals surface area contributed by atoms with Gasteiger partial charge in [0.1, 0.15) is 11.6 Å². The topological polar surface area (TPSA) is 67.9 Å². The molecule has 1 saturated heterocycles. The van der Waals surface area contributed by atoms with Crippen LogP contribution in [0.15, 0.2) is 60.7 Å². The first-order valence-electron chi connectivity index (χ1n) is 15.5. The summed E-state index contributed by atoms with van der Waals surface area (Å²) < 4.78 is 12.7. The number of nitrogens with one attached hydrogen (secondary N) is 1. The predicted molar refractivity (Wildman–Crippen MR) is 168 cm³/mol. The Balaban J connectivity index is 1.61. The number of carbonyl (C=O) groups excluding carboxylic acids is 2.